The minimum Gasteiger partial charge on any atom is -0.391 e. The third kappa shape index (κ3) is 7.56. The normalized spacial score (nSPS) is 21.8. The zero-order valence-corrected chi connectivity index (χ0v) is 19.9. The molecule has 7 atom stereocenters. The Morgan fingerprint density at radius 1 is 1.07 bits per heavy atom. The number of hydrogen-bond donors (Lipinski definition) is 5. The quantitative estimate of drug-likeness (QED) is 0.308. The smallest absolute Gasteiger partial charge is 0.391 e. The summed E-state index contributed by atoms with van der Waals surface area (Å²) in [6.07, 6.45) is 4.39. The largest absolute Gasteiger partial charge is 0.511 e. The van der Waals surface area contributed by atoms with Gasteiger partial charge >= 0.3 is 8.03 Å². The molecule has 1 rings (SSSR count). The molecular formula is C21H41N3O5P+. The Balaban J connectivity index is 2.99. The highest BCUT2D eigenvalue weighted by Gasteiger charge is 2.47. The first-order valence-corrected chi connectivity index (χ1v) is 12.5. The van der Waals surface area contributed by atoms with Crippen LogP contribution in [0.4, 0.5) is 0 Å². The van der Waals surface area contributed by atoms with Crippen LogP contribution >= 0.6 is 8.03 Å². The fourth-order valence-electron chi connectivity index (χ4n) is 4.13. The maximum absolute atomic E-state index is 13.1. The zero-order valence-electron chi connectivity index (χ0n) is 19.0. The highest BCUT2D eigenvalue weighted by Crippen LogP contribution is 2.40. The number of hydrogen-bond acceptors (Lipinski definition) is 5. The maximum atomic E-state index is 13.1. The Labute approximate surface area is 181 Å². The lowest BCUT2D eigenvalue weighted by Gasteiger charge is -2.32. The lowest BCUT2D eigenvalue weighted by molar-refractivity contribution is -0.132. The van der Waals surface area contributed by atoms with Gasteiger partial charge in [-0.2, -0.15) is 4.89 Å². The summed E-state index contributed by atoms with van der Waals surface area (Å²) in [7, 11) is -2.59. The summed E-state index contributed by atoms with van der Waals surface area (Å²) in [5.74, 6) is -1.15. The van der Waals surface area contributed by atoms with Gasteiger partial charge in [0.2, 0.25) is 17.5 Å². The molecule has 0 spiro atoms. The van der Waals surface area contributed by atoms with E-state index in [2.05, 4.69) is 10.6 Å². The standard InChI is InChI=1S/C21H40N3O5P/c1-6-13(4)16(22)20(26)23-17(12(2)3)21(27)24-18(14(5)25)19(30(28)29)15-10-8-7-9-11-15/h12-19,25H,6-11,22H2,1-5H3,(H2-,23,24,26,27,28,29)/p+1/t13?,14?,16?,17-,18?,19?/m0/s1. The fraction of sp³-hybridized carbons (Fsp3) is 0.905. The topological polar surface area (TPSA) is 142 Å². The van der Waals surface area contributed by atoms with Gasteiger partial charge < -0.3 is 21.5 Å². The van der Waals surface area contributed by atoms with Crippen LogP contribution in [-0.4, -0.2) is 51.7 Å². The summed E-state index contributed by atoms with van der Waals surface area (Å²) in [6.45, 7) is 8.95. The molecule has 2 amide bonds. The van der Waals surface area contributed by atoms with Gasteiger partial charge in [0.25, 0.3) is 0 Å². The molecule has 6 unspecified atom stereocenters. The third-order valence-electron chi connectivity index (χ3n) is 6.39. The van der Waals surface area contributed by atoms with Crippen LogP contribution in [0.2, 0.25) is 0 Å². The molecule has 0 aromatic carbocycles. The van der Waals surface area contributed by atoms with Crippen molar-refractivity contribution in [2.75, 3.05) is 0 Å². The van der Waals surface area contributed by atoms with E-state index < -0.39 is 49.7 Å². The third-order valence-corrected chi connectivity index (χ3v) is 7.64. The van der Waals surface area contributed by atoms with Gasteiger partial charge in [0.1, 0.15) is 12.1 Å². The second kappa shape index (κ2) is 12.7. The van der Waals surface area contributed by atoms with Gasteiger partial charge in [-0.15, -0.1) is 0 Å². The van der Waals surface area contributed by atoms with Crippen molar-refractivity contribution in [2.24, 2.45) is 23.5 Å². The second-order valence-electron chi connectivity index (χ2n) is 9.11. The Bertz CT molecular complexity index is 581. The highest BCUT2D eigenvalue weighted by atomic mass is 31.1. The fourth-order valence-corrected chi connectivity index (χ4v) is 5.39. The first kappa shape index (κ1) is 27.0. The van der Waals surface area contributed by atoms with Crippen molar-refractivity contribution in [3.63, 3.8) is 0 Å². The number of amides is 2. The number of aliphatic hydroxyl groups excluding tert-OH is 1. The molecule has 0 aliphatic heterocycles. The molecule has 0 heterocycles. The Kier molecular flexibility index (Phi) is 11.4. The van der Waals surface area contributed by atoms with E-state index in [1.54, 1.807) is 0 Å². The Morgan fingerprint density at radius 2 is 1.63 bits per heavy atom. The van der Waals surface area contributed by atoms with Gasteiger partial charge in [-0.3, -0.25) is 9.59 Å². The predicted octanol–water partition coefficient (Wildman–Crippen LogP) is 2.05. The average Bonchev–Trinajstić information content (AvgIpc) is 2.70. The molecule has 30 heavy (non-hydrogen) atoms. The summed E-state index contributed by atoms with van der Waals surface area (Å²) < 4.78 is 12.2. The zero-order chi connectivity index (χ0) is 23.0. The Hall–Kier alpha value is -1.08. The minimum atomic E-state index is -2.59. The van der Waals surface area contributed by atoms with Crippen LogP contribution in [0.25, 0.3) is 0 Å². The van der Waals surface area contributed by atoms with Crippen molar-refractivity contribution in [3.05, 3.63) is 0 Å². The van der Waals surface area contributed by atoms with Crippen molar-refractivity contribution in [1.82, 2.24) is 10.6 Å². The summed E-state index contributed by atoms with van der Waals surface area (Å²) in [4.78, 5) is 35.6. The van der Waals surface area contributed by atoms with Crippen molar-refractivity contribution in [1.29, 1.82) is 0 Å². The first-order chi connectivity index (χ1) is 14.0. The molecule has 8 nitrogen and oxygen atoms in total. The van der Waals surface area contributed by atoms with E-state index >= 15 is 0 Å². The first-order valence-electron chi connectivity index (χ1n) is 11.2. The molecular weight excluding hydrogens is 405 g/mol. The van der Waals surface area contributed by atoms with E-state index in [9.17, 15) is 24.2 Å². The van der Waals surface area contributed by atoms with Crippen molar-refractivity contribution in [3.8, 4) is 0 Å². The van der Waals surface area contributed by atoms with E-state index in [0.29, 0.717) is 0 Å². The van der Waals surface area contributed by atoms with E-state index in [4.69, 9.17) is 5.73 Å². The van der Waals surface area contributed by atoms with Crippen LogP contribution in [0.15, 0.2) is 0 Å². The summed E-state index contributed by atoms with van der Waals surface area (Å²) >= 11 is 0. The molecule has 9 heteroatoms. The second-order valence-corrected chi connectivity index (χ2v) is 10.3. The number of carbonyl (C=O) groups excluding carboxylic acids is 2. The minimum absolute atomic E-state index is 0.0276. The summed E-state index contributed by atoms with van der Waals surface area (Å²) in [5, 5.41) is 15.9. The monoisotopic (exact) mass is 446 g/mol. The van der Waals surface area contributed by atoms with Gasteiger partial charge in [-0.1, -0.05) is 53.4 Å². The van der Waals surface area contributed by atoms with Crippen LogP contribution in [0, 0.1) is 17.8 Å². The maximum Gasteiger partial charge on any atom is 0.511 e. The van der Waals surface area contributed by atoms with Crippen LogP contribution in [0.1, 0.15) is 73.1 Å². The van der Waals surface area contributed by atoms with Crippen LogP contribution in [0.5, 0.6) is 0 Å². The van der Waals surface area contributed by atoms with Crippen molar-refractivity contribution in [2.45, 2.75) is 103 Å². The molecule has 0 radical (unpaired) electrons. The number of nitrogens with one attached hydrogen (secondary N) is 2. The van der Waals surface area contributed by atoms with Crippen LogP contribution in [-0.2, 0) is 14.2 Å². The molecule has 1 saturated carbocycles. The van der Waals surface area contributed by atoms with E-state index in [1.165, 1.54) is 6.92 Å². The summed E-state index contributed by atoms with van der Waals surface area (Å²) in [5.41, 5.74) is 5.27. The SMILES string of the molecule is CCC(C)C(N)C(=O)N[C@H](C(=O)NC(C(C)O)C(C1CCCCC1)[P+](=O)O)C(C)C. The molecule has 1 fully saturated rings. The van der Waals surface area contributed by atoms with Crippen molar-refractivity contribution < 1.29 is 24.2 Å². The molecule has 0 aromatic rings. The number of nitrogens with two attached hydrogens (primary N) is 1. The number of rotatable bonds is 11. The lowest BCUT2D eigenvalue weighted by Crippen LogP contribution is -2.59. The van der Waals surface area contributed by atoms with Gasteiger partial charge in [-0.05, 0) is 36.2 Å². The van der Waals surface area contributed by atoms with Gasteiger partial charge in [0, 0.05) is 5.92 Å². The van der Waals surface area contributed by atoms with Crippen LogP contribution in [0.3, 0.4) is 0 Å². The van der Waals surface area contributed by atoms with E-state index in [-0.39, 0.29) is 17.8 Å². The molecule has 1 aliphatic rings. The average molecular weight is 447 g/mol. The lowest BCUT2D eigenvalue weighted by atomic mass is 9.83. The highest BCUT2D eigenvalue weighted by molar-refractivity contribution is 7.39. The van der Waals surface area contributed by atoms with Gasteiger partial charge in [0.15, 0.2) is 0 Å². The summed E-state index contributed by atoms with van der Waals surface area (Å²) in [6, 6.07) is -2.44. The molecule has 0 aromatic heterocycles. The van der Waals surface area contributed by atoms with Crippen LogP contribution < -0.4 is 16.4 Å². The van der Waals surface area contributed by atoms with E-state index in [1.807, 2.05) is 27.7 Å². The van der Waals surface area contributed by atoms with Gasteiger partial charge in [-0.25, -0.2) is 0 Å². The molecule has 6 N–H and O–H groups in total. The predicted molar refractivity (Wildman–Crippen MR) is 118 cm³/mol. The number of carbonyl (C=O) groups is 2. The molecule has 174 valence electrons. The molecule has 0 bridgehead atoms. The molecule has 0 saturated heterocycles. The number of aliphatic hydroxyl groups is 1. The Morgan fingerprint density at radius 3 is 2.07 bits per heavy atom. The van der Waals surface area contributed by atoms with E-state index in [0.717, 1.165) is 38.5 Å². The van der Waals surface area contributed by atoms with Gasteiger partial charge in [0.05, 0.1) is 12.1 Å². The van der Waals surface area contributed by atoms with Crippen molar-refractivity contribution >= 4 is 19.8 Å². The molecule has 1 aliphatic carbocycles.